The minimum Gasteiger partial charge on any atom is -0.481 e. The van der Waals surface area contributed by atoms with E-state index >= 15 is 0 Å². The van der Waals surface area contributed by atoms with Crippen molar-refractivity contribution in [2.45, 2.75) is 13.5 Å². The highest BCUT2D eigenvalue weighted by atomic mass is 35.5. The Morgan fingerprint density at radius 2 is 1.89 bits per heavy atom. The summed E-state index contributed by atoms with van der Waals surface area (Å²) in [7, 11) is 1.58. The van der Waals surface area contributed by atoms with E-state index in [0.29, 0.717) is 17.4 Å². The third-order valence-electron chi connectivity index (χ3n) is 4.70. The molecule has 1 aliphatic heterocycles. The molecule has 0 atom stereocenters. The minimum atomic E-state index is -0.0340. The summed E-state index contributed by atoms with van der Waals surface area (Å²) in [4.78, 5) is 22.9. The summed E-state index contributed by atoms with van der Waals surface area (Å²) < 4.78 is 5.11. The van der Waals surface area contributed by atoms with Crippen LogP contribution >= 0.6 is 11.6 Å². The quantitative estimate of drug-likeness (QED) is 0.627. The molecule has 0 spiro atoms. The number of nitrogens with zero attached hydrogens (tertiary/aromatic N) is 3. The van der Waals surface area contributed by atoms with Crippen LogP contribution in [-0.2, 0) is 11.3 Å². The number of fused-ring (bicyclic) bond motifs is 2. The van der Waals surface area contributed by atoms with Crippen LogP contribution in [0.25, 0.3) is 23.4 Å². The van der Waals surface area contributed by atoms with Crippen LogP contribution < -0.4 is 9.64 Å². The molecule has 3 aromatic rings. The number of amides is 1. The lowest BCUT2D eigenvalue weighted by Crippen LogP contribution is -2.29. The Kier molecular flexibility index (Phi) is 4.84. The number of halogens is 1. The van der Waals surface area contributed by atoms with Gasteiger partial charge in [0, 0.05) is 36.0 Å². The number of anilines is 1. The van der Waals surface area contributed by atoms with Crippen molar-refractivity contribution in [1.29, 1.82) is 0 Å². The van der Waals surface area contributed by atoms with Gasteiger partial charge in [0.15, 0.2) is 0 Å². The summed E-state index contributed by atoms with van der Waals surface area (Å²) in [5, 5.41) is 0.632. The summed E-state index contributed by atoms with van der Waals surface area (Å²) >= 11 is 6.16. The van der Waals surface area contributed by atoms with Crippen molar-refractivity contribution in [3.8, 4) is 17.1 Å². The average Bonchev–Trinajstić information content (AvgIpc) is 2.69. The van der Waals surface area contributed by atoms with Crippen LogP contribution in [-0.4, -0.2) is 23.0 Å². The SMILES string of the molecule is COc1ccc(-c2cc3c(cn2)CN(C(C)=O)c2ccc(Cl)cc2/C=C\3)cn1. The zero-order valence-corrected chi connectivity index (χ0v) is 16.3. The highest BCUT2D eigenvalue weighted by molar-refractivity contribution is 6.30. The number of rotatable bonds is 2. The van der Waals surface area contributed by atoms with Crippen molar-refractivity contribution in [2.75, 3.05) is 12.0 Å². The van der Waals surface area contributed by atoms with Gasteiger partial charge in [0.25, 0.3) is 0 Å². The Morgan fingerprint density at radius 1 is 1.07 bits per heavy atom. The fourth-order valence-electron chi connectivity index (χ4n) is 3.22. The van der Waals surface area contributed by atoms with E-state index in [9.17, 15) is 4.79 Å². The molecule has 0 saturated heterocycles. The number of carbonyl (C=O) groups is 1. The van der Waals surface area contributed by atoms with Gasteiger partial charge in [-0.1, -0.05) is 23.8 Å². The monoisotopic (exact) mass is 391 g/mol. The number of carbonyl (C=O) groups excluding carboxylic acids is 1. The molecular weight excluding hydrogens is 374 g/mol. The first-order valence-corrected chi connectivity index (χ1v) is 9.18. The normalized spacial score (nSPS) is 13.8. The fourth-order valence-corrected chi connectivity index (χ4v) is 3.40. The Balaban J connectivity index is 1.79. The summed E-state index contributed by atoms with van der Waals surface area (Å²) in [5.74, 6) is 0.522. The van der Waals surface area contributed by atoms with Crippen molar-refractivity contribution >= 4 is 35.3 Å². The molecule has 3 heterocycles. The Labute approximate surface area is 168 Å². The number of hydrogen-bond donors (Lipinski definition) is 0. The molecule has 0 bridgehead atoms. The van der Waals surface area contributed by atoms with Crippen molar-refractivity contribution < 1.29 is 9.53 Å². The summed E-state index contributed by atoms with van der Waals surface area (Å²) in [6.45, 7) is 2.01. The summed E-state index contributed by atoms with van der Waals surface area (Å²) in [5.41, 5.74) is 5.40. The zero-order chi connectivity index (χ0) is 19.7. The van der Waals surface area contributed by atoms with Crippen molar-refractivity contribution in [3.63, 3.8) is 0 Å². The second-order valence-corrected chi connectivity index (χ2v) is 6.94. The van der Waals surface area contributed by atoms with Gasteiger partial charge in [0.1, 0.15) is 0 Å². The van der Waals surface area contributed by atoms with Gasteiger partial charge in [-0.2, -0.15) is 0 Å². The molecule has 2 aromatic heterocycles. The topological polar surface area (TPSA) is 55.3 Å². The molecular formula is C22H18ClN3O2. The number of ether oxygens (including phenoxy) is 1. The smallest absolute Gasteiger partial charge is 0.224 e. The van der Waals surface area contributed by atoms with Crippen LogP contribution in [0.15, 0.2) is 48.8 Å². The zero-order valence-electron chi connectivity index (χ0n) is 15.5. The maximum Gasteiger partial charge on any atom is 0.224 e. The molecule has 4 rings (SSSR count). The van der Waals surface area contributed by atoms with E-state index in [-0.39, 0.29) is 5.91 Å². The van der Waals surface area contributed by atoms with Crippen molar-refractivity contribution in [1.82, 2.24) is 9.97 Å². The van der Waals surface area contributed by atoms with E-state index in [0.717, 1.165) is 33.6 Å². The predicted molar refractivity (Wildman–Crippen MR) is 111 cm³/mol. The molecule has 1 aromatic carbocycles. The van der Waals surface area contributed by atoms with Crippen LogP contribution in [0, 0.1) is 0 Å². The average molecular weight is 392 g/mol. The van der Waals surface area contributed by atoms with E-state index in [1.165, 1.54) is 0 Å². The van der Waals surface area contributed by atoms with Gasteiger partial charge in [-0.3, -0.25) is 9.78 Å². The second kappa shape index (κ2) is 7.44. The predicted octanol–water partition coefficient (Wildman–Crippen LogP) is 4.84. The lowest BCUT2D eigenvalue weighted by molar-refractivity contribution is -0.116. The van der Waals surface area contributed by atoms with Gasteiger partial charge in [-0.05, 0) is 47.0 Å². The molecule has 5 nitrogen and oxygen atoms in total. The van der Waals surface area contributed by atoms with Gasteiger partial charge in [0.05, 0.1) is 25.0 Å². The van der Waals surface area contributed by atoms with Crippen LogP contribution in [0.5, 0.6) is 5.88 Å². The van der Waals surface area contributed by atoms with E-state index in [4.69, 9.17) is 16.3 Å². The molecule has 28 heavy (non-hydrogen) atoms. The van der Waals surface area contributed by atoms with Gasteiger partial charge >= 0.3 is 0 Å². The van der Waals surface area contributed by atoms with E-state index < -0.39 is 0 Å². The molecule has 0 saturated carbocycles. The van der Waals surface area contributed by atoms with Crippen LogP contribution in [0.4, 0.5) is 5.69 Å². The Bertz CT molecular complexity index is 1080. The van der Waals surface area contributed by atoms with E-state index in [1.807, 2.05) is 42.6 Å². The molecule has 0 radical (unpaired) electrons. The fraction of sp³-hybridized carbons (Fsp3) is 0.136. The molecule has 140 valence electrons. The third-order valence-corrected chi connectivity index (χ3v) is 4.93. The molecule has 0 fully saturated rings. The molecule has 6 heteroatoms. The lowest BCUT2D eigenvalue weighted by atomic mass is 10.0. The first-order chi connectivity index (χ1) is 13.5. The Hall–Kier alpha value is -3.18. The van der Waals surface area contributed by atoms with Crippen LogP contribution in [0.1, 0.15) is 23.6 Å². The van der Waals surface area contributed by atoms with Gasteiger partial charge < -0.3 is 9.64 Å². The Morgan fingerprint density at radius 3 is 2.61 bits per heavy atom. The number of methoxy groups -OCH3 is 1. The highest BCUT2D eigenvalue weighted by Gasteiger charge is 2.19. The van der Waals surface area contributed by atoms with Crippen LogP contribution in [0.3, 0.4) is 0 Å². The van der Waals surface area contributed by atoms with Gasteiger partial charge in [-0.25, -0.2) is 4.98 Å². The van der Waals surface area contributed by atoms with Crippen LogP contribution in [0.2, 0.25) is 5.02 Å². The van der Waals surface area contributed by atoms with E-state index in [2.05, 4.69) is 9.97 Å². The van der Waals surface area contributed by atoms with E-state index in [1.54, 1.807) is 37.3 Å². The largest absolute Gasteiger partial charge is 0.481 e. The summed E-state index contributed by atoms with van der Waals surface area (Å²) in [6.07, 6.45) is 7.56. The maximum atomic E-state index is 12.3. The minimum absolute atomic E-state index is 0.0340. The number of benzene rings is 1. The summed E-state index contributed by atoms with van der Waals surface area (Å²) in [6, 6.07) is 11.3. The number of hydrogen-bond acceptors (Lipinski definition) is 4. The molecule has 0 aliphatic carbocycles. The first kappa shape index (κ1) is 18.2. The van der Waals surface area contributed by atoms with Crippen molar-refractivity contribution in [2.24, 2.45) is 0 Å². The second-order valence-electron chi connectivity index (χ2n) is 6.50. The highest BCUT2D eigenvalue weighted by Crippen LogP contribution is 2.32. The first-order valence-electron chi connectivity index (χ1n) is 8.80. The maximum absolute atomic E-state index is 12.3. The number of pyridine rings is 2. The third kappa shape index (κ3) is 3.49. The molecule has 1 aliphatic rings. The number of aromatic nitrogens is 2. The van der Waals surface area contributed by atoms with Gasteiger partial charge in [0.2, 0.25) is 11.8 Å². The van der Waals surface area contributed by atoms with Crippen molar-refractivity contribution in [3.05, 3.63) is 70.5 Å². The lowest BCUT2D eigenvalue weighted by Gasteiger charge is -2.26. The molecule has 0 unspecified atom stereocenters. The molecule has 0 N–H and O–H groups in total. The standard InChI is InChI=1S/C22H18ClN3O2/c1-14(27)26-13-18-12-24-20(17-5-8-22(28-2)25-11-17)10-15(18)3-4-16-9-19(23)6-7-21(16)26/h3-12H,13H2,1-2H3/b4-3-. The van der Waals surface area contributed by atoms with Gasteiger partial charge in [-0.15, -0.1) is 0 Å². The molecule has 1 amide bonds.